The summed E-state index contributed by atoms with van der Waals surface area (Å²) < 4.78 is 0. The molecule has 102 valence electrons. The van der Waals surface area contributed by atoms with Crippen molar-refractivity contribution in [3.8, 4) is 0 Å². The van der Waals surface area contributed by atoms with Gasteiger partial charge in [0.15, 0.2) is 0 Å². The molecule has 0 aromatic heterocycles. The van der Waals surface area contributed by atoms with E-state index in [9.17, 15) is 0 Å². The second-order valence-electron chi connectivity index (χ2n) is 6.54. The van der Waals surface area contributed by atoms with Crippen LogP contribution in [-0.2, 0) is 13.0 Å². The van der Waals surface area contributed by atoms with Gasteiger partial charge in [-0.3, -0.25) is 4.90 Å². The molecule has 0 radical (unpaired) electrons. The largest absolute Gasteiger partial charge is 0.384 e. The summed E-state index contributed by atoms with van der Waals surface area (Å²) in [5.74, 6) is 1.00. The summed E-state index contributed by atoms with van der Waals surface area (Å²) in [5.41, 5.74) is 4.41. The van der Waals surface area contributed by atoms with Crippen LogP contribution in [-0.4, -0.2) is 24.0 Å². The van der Waals surface area contributed by atoms with Crippen LogP contribution in [0.25, 0.3) is 0 Å². The van der Waals surface area contributed by atoms with Crippen LogP contribution >= 0.6 is 0 Å². The van der Waals surface area contributed by atoms with E-state index in [-0.39, 0.29) is 0 Å². The van der Waals surface area contributed by atoms with Gasteiger partial charge in [0.2, 0.25) is 0 Å². The molecule has 19 heavy (non-hydrogen) atoms. The van der Waals surface area contributed by atoms with Crippen molar-refractivity contribution in [1.82, 2.24) is 4.90 Å². The maximum Gasteiger partial charge on any atom is 0.0373 e. The third-order valence-corrected chi connectivity index (χ3v) is 5.39. The molecule has 1 aliphatic carbocycles. The molecule has 0 bridgehead atoms. The van der Waals surface area contributed by atoms with Crippen molar-refractivity contribution in [2.75, 3.05) is 18.4 Å². The molecular weight excluding hydrogens is 232 g/mol. The smallest absolute Gasteiger partial charge is 0.0373 e. The zero-order chi connectivity index (χ0) is 12.7. The highest BCUT2D eigenvalue weighted by molar-refractivity contribution is 5.56. The Hall–Kier alpha value is -1.02. The monoisotopic (exact) mass is 256 g/mol. The minimum Gasteiger partial charge on any atom is -0.384 e. The third kappa shape index (κ3) is 2.16. The van der Waals surface area contributed by atoms with Gasteiger partial charge in [-0.2, -0.15) is 0 Å². The van der Waals surface area contributed by atoms with Gasteiger partial charge in [0.25, 0.3) is 0 Å². The SMILES string of the molecule is c1cc2c(cc1CN1CCC3CCCCC31)CCN2. The quantitative estimate of drug-likeness (QED) is 0.872. The van der Waals surface area contributed by atoms with Crippen LogP contribution in [0.5, 0.6) is 0 Å². The van der Waals surface area contributed by atoms with E-state index in [4.69, 9.17) is 0 Å². The van der Waals surface area contributed by atoms with Crippen LogP contribution in [0.1, 0.15) is 43.2 Å². The predicted octanol–water partition coefficient (Wildman–Crippen LogP) is 3.42. The number of anilines is 1. The molecule has 2 nitrogen and oxygen atoms in total. The first-order valence-corrected chi connectivity index (χ1v) is 8.00. The second kappa shape index (κ2) is 4.82. The number of rotatable bonds is 2. The predicted molar refractivity (Wildman–Crippen MR) is 79.4 cm³/mol. The fraction of sp³-hybridized carbons (Fsp3) is 0.647. The molecule has 2 heterocycles. The highest BCUT2D eigenvalue weighted by Gasteiger charge is 2.35. The van der Waals surface area contributed by atoms with Gasteiger partial charge in [-0.1, -0.05) is 25.0 Å². The Kier molecular flexibility index (Phi) is 2.99. The van der Waals surface area contributed by atoms with Gasteiger partial charge in [-0.25, -0.2) is 0 Å². The summed E-state index contributed by atoms with van der Waals surface area (Å²) in [5, 5.41) is 3.45. The van der Waals surface area contributed by atoms with Gasteiger partial charge in [-0.05, 0) is 55.3 Å². The van der Waals surface area contributed by atoms with Crippen molar-refractivity contribution in [1.29, 1.82) is 0 Å². The lowest BCUT2D eigenvalue weighted by Crippen LogP contribution is -2.34. The first-order valence-electron chi connectivity index (χ1n) is 8.00. The van der Waals surface area contributed by atoms with Crippen molar-refractivity contribution in [3.63, 3.8) is 0 Å². The zero-order valence-electron chi connectivity index (χ0n) is 11.7. The van der Waals surface area contributed by atoms with E-state index < -0.39 is 0 Å². The Labute approximate surface area is 116 Å². The highest BCUT2D eigenvalue weighted by Crippen LogP contribution is 2.37. The van der Waals surface area contributed by atoms with Crippen LogP contribution in [0.15, 0.2) is 18.2 Å². The van der Waals surface area contributed by atoms with Crippen LogP contribution in [0, 0.1) is 5.92 Å². The Morgan fingerprint density at radius 1 is 1.16 bits per heavy atom. The van der Waals surface area contributed by atoms with Gasteiger partial charge in [-0.15, -0.1) is 0 Å². The van der Waals surface area contributed by atoms with Crippen molar-refractivity contribution >= 4 is 5.69 Å². The maximum atomic E-state index is 3.45. The van der Waals surface area contributed by atoms with Crippen LogP contribution in [0.4, 0.5) is 5.69 Å². The van der Waals surface area contributed by atoms with Gasteiger partial charge < -0.3 is 5.32 Å². The van der Waals surface area contributed by atoms with Crippen molar-refractivity contribution in [3.05, 3.63) is 29.3 Å². The van der Waals surface area contributed by atoms with Gasteiger partial charge in [0, 0.05) is 24.8 Å². The van der Waals surface area contributed by atoms with E-state index in [0.29, 0.717) is 0 Å². The Morgan fingerprint density at radius 3 is 3.11 bits per heavy atom. The molecule has 0 amide bonds. The van der Waals surface area contributed by atoms with E-state index in [1.165, 1.54) is 68.4 Å². The van der Waals surface area contributed by atoms with E-state index >= 15 is 0 Å². The summed E-state index contributed by atoms with van der Waals surface area (Å²) in [6.45, 7) is 3.62. The topological polar surface area (TPSA) is 15.3 Å². The van der Waals surface area contributed by atoms with Crippen LogP contribution < -0.4 is 5.32 Å². The first kappa shape index (κ1) is 11.8. The summed E-state index contributed by atoms with van der Waals surface area (Å²) in [7, 11) is 0. The average Bonchev–Trinajstić information content (AvgIpc) is 3.06. The summed E-state index contributed by atoms with van der Waals surface area (Å²) in [6.07, 6.45) is 8.49. The van der Waals surface area contributed by atoms with Gasteiger partial charge in [0.05, 0.1) is 0 Å². The van der Waals surface area contributed by atoms with Crippen molar-refractivity contribution in [2.24, 2.45) is 5.92 Å². The minimum absolute atomic E-state index is 0.889. The molecule has 1 N–H and O–H groups in total. The van der Waals surface area contributed by atoms with E-state index in [0.717, 1.165) is 18.5 Å². The molecule has 4 rings (SSSR count). The number of fused-ring (bicyclic) bond motifs is 2. The van der Waals surface area contributed by atoms with E-state index in [2.05, 4.69) is 28.4 Å². The van der Waals surface area contributed by atoms with Crippen molar-refractivity contribution in [2.45, 2.75) is 51.1 Å². The van der Waals surface area contributed by atoms with E-state index in [1.807, 2.05) is 0 Å². The Bertz CT molecular complexity index is 468. The number of hydrogen-bond acceptors (Lipinski definition) is 2. The fourth-order valence-corrected chi connectivity index (χ4v) is 4.39. The molecule has 1 aromatic rings. The molecule has 0 spiro atoms. The highest BCUT2D eigenvalue weighted by atomic mass is 15.2. The summed E-state index contributed by atoms with van der Waals surface area (Å²) >= 11 is 0. The Morgan fingerprint density at radius 2 is 2.11 bits per heavy atom. The molecule has 2 aliphatic heterocycles. The molecule has 2 heteroatoms. The molecule has 1 saturated heterocycles. The normalized spacial score (nSPS) is 29.9. The van der Waals surface area contributed by atoms with E-state index in [1.54, 1.807) is 0 Å². The molecular formula is C17H24N2. The lowest BCUT2D eigenvalue weighted by Gasteiger charge is -2.31. The molecule has 2 fully saturated rings. The number of benzene rings is 1. The number of nitrogens with zero attached hydrogens (tertiary/aromatic N) is 1. The standard InChI is InChI=1S/C17H24N2/c1-2-4-17-14(3-1)8-10-19(17)12-13-5-6-16-15(11-13)7-9-18-16/h5-6,11,14,17-18H,1-4,7-10,12H2. The lowest BCUT2D eigenvalue weighted by molar-refractivity contribution is 0.176. The minimum atomic E-state index is 0.889. The van der Waals surface area contributed by atoms with Crippen LogP contribution in [0.2, 0.25) is 0 Å². The maximum absolute atomic E-state index is 3.45. The summed E-state index contributed by atoms with van der Waals surface area (Å²) in [4.78, 5) is 2.76. The lowest BCUT2D eigenvalue weighted by atomic mass is 9.85. The zero-order valence-corrected chi connectivity index (χ0v) is 11.7. The molecule has 1 aromatic carbocycles. The Balaban J connectivity index is 1.49. The van der Waals surface area contributed by atoms with Crippen molar-refractivity contribution < 1.29 is 0 Å². The van der Waals surface area contributed by atoms with Gasteiger partial charge in [0.1, 0.15) is 0 Å². The molecule has 2 atom stereocenters. The molecule has 2 unspecified atom stereocenters. The third-order valence-electron chi connectivity index (χ3n) is 5.39. The molecule has 1 saturated carbocycles. The number of hydrogen-bond donors (Lipinski definition) is 1. The summed E-state index contributed by atoms with van der Waals surface area (Å²) in [6, 6.07) is 7.94. The van der Waals surface area contributed by atoms with Gasteiger partial charge >= 0.3 is 0 Å². The first-order chi connectivity index (χ1) is 9.40. The van der Waals surface area contributed by atoms with Crippen LogP contribution in [0.3, 0.4) is 0 Å². The molecule has 3 aliphatic rings. The fourth-order valence-electron chi connectivity index (χ4n) is 4.39. The number of likely N-dealkylation sites (tertiary alicyclic amines) is 1. The average molecular weight is 256 g/mol. The number of nitrogens with one attached hydrogen (secondary N) is 1. The second-order valence-corrected chi connectivity index (χ2v) is 6.54.